The van der Waals surface area contributed by atoms with Crippen LogP contribution in [0.5, 0.6) is 0 Å². The normalized spacial score (nSPS) is 6.56. The minimum absolute atomic E-state index is 0. The average molecular weight is 245 g/mol. The lowest BCUT2D eigenvalue weighted by Crippen LogP contribution is -2.07. The van der Waals surface area contributed by atoms with Gasteiger partial charge in [-0.1, -0.05) is 13.8 Å². The summed E-state index contributed by atoms with van der Waals surface area (Å²) in [6.07, 6.45) is 1.75. The van der Waals surface area contributed by atoms with E-state index in [0.29, 0.717) is 13.2 Å². The molecule has 9 N–H and O–H groups in total. The van der Waals surface area contributed by atoms with Crippen molar-refractivity contribution >= 4 is 7.32 Å². The molecule has 0 radical (unpaired) electrons. The van der Waals surface area contributed by atoms with Crippen LogP contribution < -0.4 is 6.15 Å². The highest BCUT2D eigenvalue weighted by Gasteiger charge is 1.92. The molecule has 0 aliphatic heterocycles. The standard InChI is InChI=1S/2C3H8O.C2H6O.BH3O3.H3N/c2*1-2-3-4;1-2-3;2-1(3)4;/h2*4H,2-3H2,1H3;3H,2H2,1H3;2-4H;1H3. The summed E-state index contributed by atoms with van der Waals surface area (Å²) in [4.78, 5) is 0. The van der Waals surface area contributed by atoms with E-state index in [1.165, 1.54) is 0 Å². The van der Waals surface area contributed by atoms with Crippen molar-refractivity contribution in [3.63, 3.8) is 0 Å². The first-order chi connectivity index (χ1) is 6.97. The summed E-state index contributed by atoms with van der Waals surface area (Å²) < 4.78 is 0. The largest absolute Gasteiger partial charge is 0.631 e. The van der Waals surface area contributed by atoms with Crippen molar-refractivity contribution in [2.75, 3.05) is 19.8 Å². The van der Waals surface area contributed by atoms with Gasteiger partial charge in [0.1, 0.15) is 0 Å². The monoisotopic (exact) mass is 245 g/mol. The number of aliphatic hydroxyl groups is 3. The van der Waals surface area contributed by atoms with Gasteiger partial charge in [0.15, 0.2) is 0 Å². The van der Waals surface area contributed by atoms with Crippen molar-refractivity contribution in [2.24, 2.45) is 0 Å². The fourth-order valence-corrected chi connectivity index (χ4v) is 0. The Kier molecular flexibility index (Phi) is 85.9. The molecule has 0 aliphatic carbocycles. The third-order valence-electron chi connectivity index (χ3n) is 0.447. The van der Waals surface area contributed by atoms with Crippen LogP contribution in [0.2, 0.25) is 0 Å². The summed E-state index contributed by atoms with van der Waals surface area (Å²) in [7, 11) is -2.17. The predicted molar refractivity (Wildman–Crippen MR) is 64.9 cm³/mol. The molecule has 0 saturated carbocycles. The molecular formula is C8H28BNO6. The summed E-state index contributed by atoms with van der Waals surface area (Å²) in [5.41, 5.74) is 0. The first-order valence-electron chi connectivity index (χ1n) is 4.84. The molecule has 0 bridgehead atoms. The van der Waals surface area contributed by atoms with E-state index in [1.54, 1.807) is 6.92 Å². The molecule has 0 spiro atoms. The van der Waals surface area contributed by atoms with Crippen molar-refractivity contribution in [3.05, 3.63) is 0 Å². The van der Waals surface area contributed by atoms with Crippen LogP contribution in [-0.4, -0.2) is 57.5 Å². The number of hydrogen-bond donors (Lipinski definition) is 7. The molecule has 0 aromatic heterocycles. The van der Waals surface area contributed by atoms with Crippen molar-refractivity contribution in [2.45, 2.75) is 33.6 Å². The van der Waals surface area contributed by atoms with Gasteiger partial charge in [0.05, 0.1) is 0 Å². The molecule has 104 valence electrons. The molecule has 7 nitrogen and oxygen atoms in total. The molecule has 0 aromatic rings. The number of rotatable bonds is 2. The molecule has 0 aliphatic rings. The fraction of sp³-hybridized carbons (Fsp3) is 1.00. The van der Waals surface area contributed by atoms with Crippen LogP contribution >= 0.6 is 0 Å². The molecule has 0 aromatic carbocycles. The molecule has 8 heteroatoms. The summed E-state index contributed by atoms with van der Waals surface area (Å²) in [5, 5.41) is 44.8. The van der Waals surface area contributed by atoms with Crippen LogP contribution in [0.1, 0.15) is 33.6 Å². The fourth-order valence-electron chi connectivity index (χ4n) is 0. The molecule has 0 fully saturated rings. The van der Waals surface area contributed by atoms with Gasteiger partial charge in [-0.15, -0.1) is 0 Å². The van der Waals surface area contributed by atoms with Crippen molar-refractivity contribution in [1.29, 1.82) is 0 Å². The molecule has 0 unspecified atom stereocenters. The number of hydrogen-bond acceptors (Lipinski definition) is 7. The van der Waals surface area contributed by atoms with Gasteiger partial charge in [0.2, 0.25) is 0 Å². The van der Waals surface area contributed by atoms with Crippen LogP contribution in [0.25, 0.3) is 0 Å². The highest BCUT2D eigenvalue weighted by Crippen LogP contribution is 1.61. The van der Waals surface area contributed by atoms with E-state index in [-0.39, 0.29) is 12.8 Å². The Morgan fingerprint density at radius 1 is 0.750 bits per heavy atom. The Balaban J connectivity index is -0.0000000331. The first kappa shape index (κ1) is 29.7. The summed E-state index contributed by atoms with van der Waals surface area (Å²) in [6, 6.07) is 0. The van der Waals surface area contributed by atoms with E-state index in [0.717, 1.165) is 12.8 Å². The predicted octanol–water partition coefficient (Wildman–Crippen LogP) is -1.11. The smallest absolute Gasteiger partial charge is 0.402 e. The zero-order valence-electron chi connectivity index (χ0n) is 10.5. The maximum absolute atomic E-state index is 7.88. The third kappa shape index (κ3) is 707. The Labute approximate surface area is 98.1 Å². The van der Waals surface area contributed by atoms with E-state index >= 15 is 0 Å². The van der Waals surface area contributed by atoms with E-state index in [9.17, 15) is 0 Å². The molecule has 0 atom stereocenters. The second-order valence-corrected chi connectivity index (χ2v) is 2.11. The lowest BCUT2D eigenvalue weighted by Gasteiger charge is -1.69. The highest BCUT2D eigenvalue weighted by molar-refractivity contribution is 6.30. The van der Waals surface area contributed by atoms with E-state index < -0.39 is 7.32 Å². The lowest BCUT2D eigenvalue weighted by molar-refractivity contribution is 0.278. The summed E-state index contributed by atoms with van der Waals surface area (Å²) >= 11 is 0. The zero-order chi connectivity index (χ0) is 13.1. The van der Waals surface area contributed by atoms with Gasteiger partial charge in [-0.2, -0.15) is 0 Å². The van der Waals surface area contributed by atoms with E-state index in [2.05, 4.69) is 0 Å². The molecule has 16 heavy (non-hydrogen) atoms. The van der Waals surface area contributed by atoms with Crippen molar-refractivity contribution in [3.8, 4) is 0 Å². The Bertz CT molecular complexity index is 59.7. The Hall–Kier alpha value is -0.215. The second kappa shape index (κ2) is 46.4. The quantitative estimate of drug-likeness (QED) is 0.304. The van der Waals surface area contributed by atoms with Crippen molar-refractivity contribution < 1.29 is 30.4 Å². The van der Waals surface area contributed by atoms with Gasteiger partial charge in [0.25, 0.3) is 0 Å². The topological polar surface area (TPSA) is 156 Å². The van der Waals surface area contributed by atoms with Crippen LogP contribution in [0, 0.1) is 0 Å². The van der Waals surface area contributed by atoms with Crippen molar-refractivity contribution in [1.82, 2.24) is 6.15 Å². The molecule has 0 amide bonds. The SMILES string of the molecule is CCCO.CCCO.CCO.N.OB(O)O. The Morgan fingerprint density at radius 2 is 0.812 bits per heavy atom. The summed E-state index contributed by atoms with van der Waals surface area (Å²) in [6.45, 7) is 6.43. The van der Waals surface area contributed by atoms with E-state index in [4.69, 9.17) is 30.4 Å². The Morgan fingerprint density at radius 3 is 0.812 bits per heavy atom. The lowest BCUT2D eigenvalue weighted by atomic mass is 10.3. The van der Waals surface area contributed by atoms with Gasteiger partial charge < -0.3 is 36.5 Å². The molecule has 0 heterocycles. The third-order valence-corrected chi connectivity index (χ3v) is 0.447. The van der Waals surface area contributed by atoms with Crippen LogP contribution in [-0.2, 0) is 0 Å². The average Bonchev–Trinajstić information content (AvgIpc) is 2.18. The zero-order valence-corrected chi connectivity index (χ0v) is 10.5. The molecule has 0 saturated heterocycles. The van der Waals surface area contributed by atoms with E-state index in [1.807, 2.05) is 13.8 Å². The van der Waals surface area contributed by atoms with Crippen LogP contribution in [0.4, 0.5) is 0 Å². The molecular weight excluding hydrogens is 217 g/mol. The van der Waals surface area contributed by atoms with Gasteiger partial charge in [0, 0.05) is 19.8 Å². The molecule has 0 rings (SSSR count). The summed E-state index contributed by atoms with van der Waals surface area (Å²) in [5.74, 6) is 0. The van der Waals surface area contributed by atoms with Gasteiger partial charge in [-0.05, 0) is 19.8 Å². The maximum Gasteiger partial charge on any atom is 0.631 e. The highest BCUT2D eigenvalue weighted by atomic mass is 16.5. The second-order valence-electron chi connectivity index (χ2n) is 2.11. The van der Waals surface area contributed by atoms with Gasteiger partial charge >= 0.3 is 7.32 Å². The minimum atomic E-state index is -2.17. The number of aliphatic hydroxyl groups excluding tert-OH is 3. The minimum Gasteiger partial charge on any atom is -0.402 e. The van der Waals surface area contributed by atoms with Crippen LogP contribution in [0.3, 0.4) is 0 Å². The van der Waals surface area contributed by atoms with Gasteiger partial charge in [-0.3, -0.25) is 0 Å². The van der Waals surface area contributed by atoms with Crippen LogP contribution in [0.15, 0.2) is 0 Å². The van der Waals surface area contributed by atoms with Gasteiger partial charge in [-0.25, -0.2) is 0 Å². The maximum atomic E-state index is 7.88. The first-order valence-corrected chi connectivity index (χ1v) is 4.84.